The maximum absolute atomic E-state index is 4.31. The molecule has 0 atom stereocenters. The lowest BCUT2D eigenvalue weighted by molar-refractivity contribution is 0.154. The first kappa shape index (κ1) is 12.1. The normalized spacial score (nSPS) is 21.2. The monoisotopic (exact) mass is 268 g/mol. The van der Waals surface area contributed by atoms with Crippen LogP contribution in [0.15, 0.2) is 30.6 Å². The number of aromatic amines is 1. The number of rotatable bonds is 2. The van der Waals surface area contributed by atoms with E-state index in [2.05, 4.69) is 44.3 Å². The standard InChI is InChI=1S/C16H20N4/c1-2-4-14-10-15(9-13(14)3-1)20-7-5-12(6-8-20)16-17-11-18-19-16/h1-4,11-12,15H,5-10H2,(H,17,18,19). The minimum Gasteiger partial charge on any atom is -0.300 e. The molecule has 0 unspecified atom stereocenters. The Labute approximate surface area is 119 Å². The van der Waals surface area contributed by atoms with Crippen LogP contribution in [0.4, 0.5) is 0 Å². The summed E-state index contributed by atoms with van der Waals surface area (Å²) in [6, 6.07) is 9.62. The molecule has 1 fully saturated rings. The summed E-state index contributed by atoms with van der Waals surface area (Å²) in [4.78, 5) is 6.98. The highest BCUT2D eigenvalue weighted by Gasteiger charge is 2.30. The Bertz CT molecular complexity index is 545. The minimum atomic E-state index is 0.567. The molecule has 0 spiro atoms. The molecule has 0 bridgehead atoms. The van der Waals surface area contributed by atoms with Crippen LogP contribution in [0.5, 0.6) is 0 Å². The van der Waals surface area contributed by atoms with Crippen molar-refractivity contribution in [1.82, 2.24) is 20.1 Å². The molecule has 4 heteroatoms. The van der Waals surface area contributed by atoms with Crippen molar-refractivity contribution in [3.8, 4) is 0 Å². The number of hydrogen-bond donors (Lipinski definition) is 1. The minimum absolute atomic E-state index is 0.567. The van der Waals surface area contributed by atoms with Crippen LogP contribution in [0.3, 0.4) is 0 Å². The van der Waals surface area contributed by atoms with Crippen LogP contribution in [0.25, 0.3) is 0 Å². The molecule has 1 aliphatic carbocycles. The predicted octanol–water partition coefficient (Wildman–Crippen LogP) is 2.15. The third-order valence-electron chi connectivity index (χ3n) is 4.90. The average Bonchev–Trinajstić information content (AvgIpc) is 3.17. The van der Waals surface area contributed by atoms with Gasteiger partial charge in [0.15, 0.2) is 0 Å². The smallest absolute Gasteiger partial charge is 0.137 e. The molecule has 2 heterocycles. The molecule has 2 aliphatic rings. The van der Waals surface area contributed by atoms with Crippen molar-refractivity contribution in [2.75, 3.05) is 13.1 Å². The van der Waals surface area contributed by atoms with Crippen LogP contribution in [0.2, 0.25) is 0 Å². The van der Waals surface area contributed by atoms with E-state index < -0.39 is 0 Å². The summed E-state index contributed by atoms with van der Waals surface area (Å²) in [7, 11) is 0. The van der Waals surface area contributed by atoms with Gasteiger partial charge in [-0.05, 0) is 49.9 Å². The van der Waals surface area contributed by atoms with Crippen LogP contribution < -0.4 is 0 Å². The van der Waals surface area contributed by atoms with Gasteiger partial charge in [-0.1, -0.05) is 24.3 Å². The SMILES string of the molecule is c1ccc2c(c1)CC(N1CCC(c3ncn[nH]3)CC1)C2. The number of H-pyrrole nitrogens is 1. The van der Waals surface area contributed by atoms with Crippen molar-refractivity contribution in [3.05, 3.63) is 47.5 Å². The van der Waals surface area contributed by atoms with Crippen molar-refractivity contribution >= 4 is 0 Å². The zero-order valence-electron chi connectivity index (χ0n) is 11.6. The third kappa shape index (κ3) is 2.14. The fourth-order valence-electron chi connectivity index (χ4n) is 3.74. The van der Waals surface area contributed by atoms with E-state index in [-0.39, 0.29) is 0 Å². The molecule has 0 amide bonds. The van der Waals surface area contributed by atoms with Gasteiger partial charge in [-0.3, -0.25) is 10.00 Å². The molecule has 1 N–H and O–H groups in total. The molecule has 1 aliphatic heterocycles. The fourth-order valence-corrected chi connectivity index (χ4v) is 3.74. The Balaban J connectivity index is 1.39. The fraction of sp³-hybridized carbons (Fsp3) is 0.500. The molecule has 20 heavy (non-hydrogen) atoms. The highest BCUT2D eigenvalue weighted by molar-refractivity contribution is 5.33. The second-order valence-corrected chi connectivity index (χ2v) is 6.01. The van der Waals surface area contributed by atoms with Gasteiger partial charge < -0.3 is 0 Å². The van der Waals surface area contributed by atoms with Crippen molar-refractivity contribution < 1.29 is 0 Å². The van der Waals surface area contributed by atoms with Crippen LogP contribution >= 0.6 is 0 Å². The Kier molecular flexibility index (Phi) is 3.03. The van der Waals surface area contributed by atoms with Crippen LogP contribution in [0, 0.1) is 0 Å². The Hall–Kier alpha value is -1.68. The largest absolute Gasteiger partial charge is 0.300 e. The summed E-state index contributed by atoms with van der Waals surface area (Å²) in [6.45, 7) is 2.37. The summed E-state index contributed by atoms with van der Waals surface area (Å²) in [6.07, 6.45) is 6.46. The number of hydrogen-bond acceptors (Lipinski definition) is 3. The van der Waals surface area contributed by atoms with Crippen LogP contribution in [-0.4, -0.2) is 39.2 Å². The average molecular weight is 268 g/mol. The Morgan fingerprint density at radius 2 is 1.75 bits per heavy atom. The Morgan fingerprint density at radius 1 is 1.05 bits per heavy atom. The summed E-state index contributed by atoms with van der Waals surface area (Å²) in [5.74, 6) is 1.64. The van der Waals surface area contributed by atoms with Gasteiger partial charge in [-0.25, -0.2) is 4.98 Å². The number of nitrogens with zero attached hydrogens (tertiary/aromatic N) is 3. The number of nitrogens with one attached hydrogen (secondary N) is 1. The highest BCUT2D eigenvalue weighted by atomic mass is 15.2. The van der Waals surface area contributed by atoms with E-state index in [1.165, 1.54) is 38.8 Å². The van der Waals surface area contributed by atoms with Gasteiger partial charge in [0, 0.05) is 12.0 Å². The summed E-state index contributed by atoms with van der Waals surface area (Å²) >= 11 is 0. The van der Waals surface area contributed by atoms with Crippen molar-refractivity contribution in [1.29, 1.82) is 0 Å². The lowest BCUT2D eigenvalue weighted by Gasteiger charge is -2.35. The highest BCUT2D eigenvalue weighted by Crippen LogP contribution is 2.31. The second-order valence-electron chi connectivity index (χ2n) is 6.01. The lowest BCUT2D eigenvalue weighted by atomic mass is 9.94. The first-order chi connectivity index (χ1) is 9.90. The molecule has 1 saturated heterocycles. The van der Waals surface area contributed by atoms with E-state index in [1.807, 2.05) is 0 Å². The van der Waals surface area contributed by atoms with Crippen LogP contribution in [-0.2, 0) is 12.8 Å². The van der Waals surface area contributed by atoms with Gasteiger partial charge in [0.1, 0.15) is 12.2 Å². The van der Waals surface area contributed by atoms with Crippen molar-refractivity contribution in [2.24, 2.45) is 0 Å². The van der Waals surface area contributed by atoms with Gasteiger partial charge in [-0.15, -0.1) is 0 Å². The molecule has 0 saturated carbocycles. The second kappa shape index (κ2) is 5.02. The zero-order valence-corrected chi connectivity index (χ0v) is 11.6. The first-order valence-corrected chi connectivity index (χ1v) is 7.56. The zero-order chi connectivity index (χ0) is 13.4. The first-order valence-electron chi connectivity index (χ1n) is 7.56. The molecule has 4 rings (SSSR count). The van der Waals surface area contributed by atoms with E-state index in [0.29, 0.717) is 12.0 Å². The number of aromatic nitrogens is 3. The lowest BCUT2D eigenvalue weighted by Crippen LogP contribution is -2.41. The maximum Gasteiger partial charge on any atom is 0.137 e. The van der Waals surface area contributed by atoms with Gasteiger partial charge in [0.05, 0.1) is 0 Å². The van der Waals surface area contributed by atoms with E-state index in [9.17, 15) is 0 Å². The molecule has 0 radical (unpaired) electrons. The Morgan fingerprint density at radius 3 is 2.35 bits per heavy atom. The van der Waals surface area contributed by atoms with Gasteiger partial charge in [-0.2, -0.15) is 5.10 Å². The van der Waals surface area contributed by atoms with E-state index in [1.54, 1.807) is 17.5 Å². The molecule has 2 aromatic rings. The van der Waals surface area contributed by atoms with E-state index >= 15 is 0 Å². The molecule has 1 aromatic heterocycles. The summed E-state index contributed by atoms with van der Waals surface area (Å²) in [5.41, 5.74) is 3.10. The topological polar surface area (TPSA) is 44.8 Å². The molecule has 4 nitrogen and oxygen atoms in total. The number of piperidine rings is 1. The number of benzene rings is 1. The van der Waals surface area contributed by atoms with E-state index in [0.717, 1.165) is 5.82 Å². The van der Waals surface area contributed by atoms with Crippen molar-refractivity contribution in [3.63, 3.8) is 0 Å². The predicted molar refractivity (Wildman–Crippen MR) is 77.6 cm³/mol. The van der Waals surface area contributed by atoms with Gasteiger partial charge in [0.2, 0.25) is 0 Å². The number of fused-ring (bicyclic) bond motifs is 1. The van der Waals surface area contributed by atoms with Crippen LogP contribution in [0.1, 0.15) is 35.7 Å². The summed E-state index contributed by atoms with van der Waals surface area (Å²) < 4.78 is 0. The number of likely N-dealkylation sites (tertiary alicyclic amines) is 1. The maximum atomic E-state index is 4.31. The van der Waals surface area contributed by atoms with Crippen molar-refractivity contribution in [2.45, 2.75) is 37.6 Å². The van der Waals surface area contributed by atoms with Gasteiger partial charge in [0.25, 0.3) is 0 Å². The molecule has 104 valence electrons. The quantitative estimate of drug-likeness (QED) is 0.907. The summed E-state index contributed by atoms with van der Waals surface area (Å²) in [5, 5.41) is 7.00. The van der Waals surface area contributed by atoms with E-state index in [4.69, 9.17) is 0 Å². The van der Waals surface area contributed by atoms with Gasteiger partial charge >= 0.3 is 0 Å². The molecular formula is C16H20N4. The third-order valence-corrected chi connectivity index (χ3v) is 4.90. The molecular weight excluding hydrogens is 248 g/mol. The molecule has 1 aromatic carbocycles.